The Bertz CT molecular complexity index is 350. The van der Waals surface area contributed by atoms with Gasteiger partial charge in [0.05, 0.1) is 6.61 Å². The molecule has 1 aromatic carbocycles. The fraction of sp³-hybridized carbons (Fsp3) is 0.571. The molecule has 1 aromatic rings. The summed E-state index contributed by atoms with van der Waals surface area (Å²) in [7, 11) is 0. The van der Waals surface area contributed by atoms with Gasteiger partial charge in [-0.05, 0) is 29.5 Å². The Kier molecular flexibility index (Phi) is 5.45. The largest absolute Gasteiger partial charge is 0.493 e. The zero-order chi connectivity index (χ0) is 12.8. The molecule has 0 aromatic heterocycles. The van der Waals surface area contributed by atoms with Crippen LogP contribution in [0, 0.1) is 0 Å². The van der Waals surface area contributed by atoms with Gasteiger partial charge in [0.15, 0.2) is 0 Å². The molecule has 0 aliphatic carbocycles. The van der Waals surface area contributed by atoms with Crippen LogP contribution in [0.15, 0.2) is 18.2 Å². The summed E-state index contributed by atoms with van der Waals surface area (Å²) in [5.41, 5.74) is 13.8. The van der Waals surface area contributed by atoms with Crippen LogP contribution in [-0.2, 0) is 0 Å². The van der Waals surface area contributed by atoms with E-state index in [0.29, 0.717) is 12.5 Å². The average Bonchev–Trinajstić information content (AvgIpc) is 2.35. The third-order valence-electron chi connectivity index (χ3n) is 2.80. The molecule has 0 heterocycles. The normalized spacial score (nSPS) is 12.8. The van der Waals surface area contributed by atoms with Crippen LogP contribution >= 0.6 is 0 Å². The van der Waals surface area contributed by atoms with Crippen LogP contribution in [0.25, 0.3) is 0 Å². The predicted octanol–water partition coefficient (Wildman–Crippen LogP) is 2.56. The Labute approximate surface area is 104 Å². The SMILES string of the molecule is CCCOc1ccc(C(N)CN)cc1C(C)C. The molecule has 1 unspecified atom stereocenters. The number of nitrogens with two attached hydrogens (primary N) is 2. The lowest BCUT2D eigenvalue weighted by Crippen LogP contribution is -2.21. The second-order valence-electron chi connectivity index (χ2n) is 4.64. The van der Waals surface area contributed by atoms with Gasteiger partial charge >= 0.3 is 0 Å². The maximum Gasteiger partial charge on any atom is 0.122 e. The van der Waals surface area contributed by atoms with E-state index in [0.717, 1.165) is 24.3 Å². The van der Waals surface area contributed by atoms with Gasteiger partial charge in [0.2, 0.25) is 0 Å². The fourth-order valence-electron chi connectivity index (χ4n) is 1.73. The lowest BCUT2D eigenvalue weighted by molar-refractivity contribution is 0.313. The molecule has 17 heavy (non-hydrogen) atoms. The molecule has 0 radical (unpaired) electrons. The van der Waals surface area contributed by atoms with Crippen molar-refractivity contribution < 1.29 is 4.74 Å². The minimum atomic E-state index is -0.0901. The number of ether oxygens (including phenoxy) is 1. The van der Waals surface area contributed by atoms with Crippen molar-refractivity contribution >= 4 is 0 Å². The first-order valence-corrected chi connectivity index (χ1v) is 6.32. The van der Waals surface area contributed by atoms with Crippen LogP contribution in [0.4, 0.5) is 0 Å². The van der Waals surface area contributed by atoms with Gasteiger partial charge in [-0.3, -0.25) is 0 Å². The molecular formula is C14H24N2O. The van der Waals surface area contributed by atoms with E-state index in [4.69, 9.17) is 16.2 Å². The summed E-state index contributed by atoms with van der Waals surface area (Å²) in [5, 5.41) is 0. The Morgan fingerprint density at radius 2 is 2.00 bits per heavy atom. The summed E-state index contributed by atoms with van der Waals surface area (Å²) in [6.45, 7) is 7.64. The molecule has 0 aliphatic rings. The Morgan fingerprint density at radius 1 is 1.29 bits per heavy atom. The number of hydrogen-bond donors (Lipinski definition) is 2. The summed E-state index contributed by atoms with van der Waals surface area (Å²) in [6.07, 6.45) is 1.02. The van der Waals surface area contributed by atoms with E-state index in [-0.39, 0.29) is 6.04 Å². The van der Waals surface area contributed by atoms with Crippen molar-refractivity contribution in [1.29, 1.82) is 0 Å². The summed E-state index contributed by atoms with van der Waals surface area (Å²) < 4.78 is 5.74. The topological polar surface area (TPSA) is 61.3 Å². The highest BCUT2D eigenvalue weighted by molar-refractivity contribution is 5.40. The van der Waals surface area contributed by atoms with Gasteiger partial charge in [-0.15, -0.1) is 0 Å². The Balaban J connectivity index is 2.99. The predicted molar refractivity (Wildman–Crippen MR) is 72.3 cm³/mol. The van der Waals surface area contributed by atoms with Crippen molar-refractivity contribution in [2.45, 2.75) is 39.2 Å². The summed E-state index contributed by atoms with van der Waals surface area (Å²) in [6, 6.07) is 6.05. The highest BCUT2D eigenvalue weighted by Crippen LogP contribution is 2.29. The lowest BCUT2D eigenvalue weighted by atomic mass is 9.97. The van der Waals surface area contributed by atoms with Gasteiger partial charge in [-0.2, -0.15) is 0 Å². The fourth-order valence-corrected chi connectivity index (χ4v) is 1.73. The second kappa shape index (κ2) is 6.62. The Morgan fingerprint density at radius 3 is 2.53 bits per heavy atom. The molecule has 3 nitrogen and oxygen atoms in total. The molecule has 0 fully saturated rings. The third-order valence-corrected chi connectivity index (χ3v) is 2.80. The van der Waals surface area contributed by atoms with Crippen LogP contribution in [0.1, 0.15) is 50.3 Å². The first-order chi connectivity index (χ1) is 8.10. The van der Waals surface area contributed by atoms with Gasteiger partial charge in [-0.1, -0.05) is 32.9 Å². The molecule has 0 aliphatic heterocycles. The molecule has 0 saturated heterocycles. The number of rotatable bonds is 6. The molecule has 0 amide bonds. The molecule has 0 spiro atoms. The van der Waals surface area contributed by atoms with E-state index in [1.807, 2.05) is 12.1 Å². The van der Waals surface area contributed by atoms with Gasteiger partial charge < -0.3 is 16.2 Å². The molecule has 1 atom stereocenters. The molecule has 1 rings (SSSR count). The van der Waals surface area contributed by atoms with Crippen LogP contribution in [0.5, 0.6) is 5.75 Å². The molecule has 0 saturated carbocycles. The zero-order valence-corrected chi connectivity index (χ0v) is 11.1. The maximum absolute atomic E-state index is 5.95. The molecule has 0 bridgehead atoms. The average molecular weight is 236 g/mol. The summed E-state index contributed by atoms with van der Waals surface area (Å²) in [5.74, 6) is 1.39. The van der Waals surface area contributed by atoms with Gasteiger partial charge in [0.25, 0.3) is 0 Å². The maximum atomic E-state index is 5.95. The molecule has 4 N–H and O–H groups in total. The monoisotopic (exact) mass is 236 g/mol. The number of hydrogen-bond acceptors (Lipinski definition) is 3. The van der Waals surface area contributed by atoms with E-state index in [1.165, 1.54) is 5.56 Å². The smallest absolute Gasteiger partial charge is 0.122 e. The molecule has 96 valence electrons. The minimum absolute atomic E-state index is 0.0901. The molecule has 3 heteroatoms. The third kappa shape index (κ3) is 3.72. The quantitative estimate of drug-likeness (QED) is 0.798. The van der Waals surface area contributed by atoms with Crippen molar-refractivity contribution in [3.05, 3.63) is 29.3 Å². The van der Waals surface area contributed by atoms with Crippen molar-refractivity contribution in [2.24, 2.45) is 11.5 Å². The number of benzene rings is 1. The van der Waals surface area contributed by atoms with Gasteiger partial charge in [-0.25, -0.2) is 0 Å². The van der Waals surface area contributed by atoms with E-state index in [2.05, 4.69) is 26.8 Å². The highest BCUT2D eigenvalue weighted by Gasteiger charge is 2.11. The van der Waals surface area contributed by atoms with E-state index in [9.17, 15) is 0 Å². The first-order valence-electron chi connectivity index (χ1n) is 6.32. The van der Waals surface area contributed by atoms with Crippen molar-refractivity contribution in [2.75, 3.05) is 13.2 Å². The van der Waals surface area contributed by atoms with Crippen molar-refractivity contribution in [3.63, 3.8) is 0 Å². The summed E-state index contributed by atoms with van der Waals surface area (Å²) >= 11 is 0. The van der Waals surface area contributed by atoms with Crippen LogP contribution in [0.2, 0.25) is 0 Å². The van der Waals surface area contributed by atoms with E-state index in [1.54, 1.807) is 0 Å². The van der Waals surface area contributed by atoms with Gasteiger partial charge in [0.1, 0.15) is 5.75 Å². The second-order valence-corrected chi connectivity index (χ2v) is 4.64. The van der Waals surface area contributed by atoms with Crippen molar-refractivity contribution in [3.8, 4) is 5.75 Å². The summed E-state index contributed by atoms with van der Waals surface area (Å²) in [4.78, 5) is 0. The molecular weight excluding hydrogens is 212 g/mol. The first kappa shape index (κ1) is 14.0. The van der Waals surface area contributed by atoms with E-state index >= 15 is 0 Å². The van der Waals surface area contributed by atoms with Gasteiger partial charge in [0, 0.05) is 12.6 Å². The van der Waals surface area contributed by atoms with Crippen molar-refractivity contribution in [1.82, 2.24) is 0 Å². The van der Waals surface area contributed by atoms with Crippen LogP contribution in [0.3, 0.4) is 0 Å². The minimum Gasteiger partial charge on any atom is -0.493 e. The van der Waals surface area contributed by atoms with E-state index < -0.39 is 0 Å². The highest BCUT2D eigenvalue weighted by atomic mass is 16.5. The zero-order valence-electron chi connectivity index (χ0n) is 11.1. The van der Waals surface area contributed by atoms with Crippen LogP contribution < -0.4 is 16.2 Å². The van der Waals surface area contributed by atoms with Crippen LogP contribution in [-0.4, -0.2) is 13.2 Å². The Hall–Kier alpha value is -1.06. The standard InChI is InChI=1S/C14H24N2O/c1-4-7-17-14-6-5-11(13(16)9-15)8-12(14)10(2)3/h5-6,8,10,13H,4,7,9,15-16H2,1-3H3. The lowest BCUT2D eigenvalue weighted by Gasteiger charge is -2.17.